The highest BCUT2D eigenvalue weighted by Crippen LogP contribution is 2.31. The summed E-state index contributed by atoms with van der Waals surface area (Å²) < 4.78 is 94.4. The van der Waals surface area contributed by atoms with Crippen LogP contribution >= 0.6 is 0 Å². The normalized spacial score (nSPS) is 15.1. The van der Waals surface area contributed by atoms with Crippen molar-refractivity contribution in [1.29, 1.82) is 0 Å². The van der Waals surface area contributed by atoms with Crippen molar-refractivity contribution >= 4 is 11.4 Å². The second kappa shape index (κ2) is 10.5. The van der Waals surface area contributed by atoms with Crippen LogP contribution in [0.25, 0.3) is 0 Å². The molecule has 182 valence electrons. The minimum absolute atomic E-state index is 0.0447. The number of ether oxygens (including phenoxy) is 1. The van der Waals surface area contributed by atoms with Gasteiger partial charge in [0.05, 0.1) is 6.42 Å². The van der Waals surface area contributed by atoms with E-state index in [4.69, 9.17) is 0 Å². The van der Waals surface area contributed by atoms with E-state index in [-0.39, 0.29) is 13.1 Å². The molecule has 2 aromatic carbocycles. The third kappa shape index (κ3) is 7.43. The van der Waals surface area contributed by atoms with Crippen molar-refractivity contribution in [2.45, 2.75) is 50.9 Å². The zero-order chi connectivity index (χ0) is 24.1. The summed E-state index contributed by atoms with van der Waals surface area (Å²) in [6, 6.07) is 12.2. The quantitative estimate of drug-likeness (QED) is 0.366. The summed E-state index contributed by atoms with van der Waals surface area (Å²) >= 11 is 0. The SMILES string of the molecule is FC(F)C(F)(F)Oc1cccc(CN(CCC(F)(F)F)c2cccc(N3CCCCC3)c2)c1. The van der Waals surface area contributed by atoms with Gasteiger partial charge in [-0.1, -0.05) is 18.2 Å². The maximum atomic E-state index is 13.3. The number of piperidine rings is 1. The Hall–Kier alpha value is -2.65. The molecule has 1 aliphatic rings. The minimum atomic E-state index is -4.67. The molecule has 33 heavy (non-hydrogen) atoms. The highest BCUT2D eigenvalue weighted by Gasteiger charge is 2.44. The van der Waals surface area contributed by atoms with Gasteiger partial charge in [0.25, 0.3) is 0 Å². The van der Waals surface area contributed by atoms with Crippen LogP contribution in [0.15, 0.2) is 48.5 Å². The van der Waals surface area contributed by atoms with E-state index in [2.05, 4.69) is 9.64 Å². The van der Waals surface area contributed by atoms with E-state index < -0.39 is 30.9 Å². The molecule has 1 aliphatic heterocycles. The van der Waals surface area contributed by atoms with Crippen LogP contribution in [0.5, 0.6) is 5.75 Å². The average molecular weight is 478 g/mol. The van der Waals surface area contributed by atoms with Gasteiger partial charge in [-0.3, -0.25) is 0 Å². The van der Waals surface area contributed by atoms with E-state index in [1.165, 1.54) is 17.0 Å². The molecule has 1 saturated heterocycles. The van der Waals surface area contributed by atoms with Crippen LogP contribution in [0.4, 0.5) is 42.1 Å². The van der Waals surface area contributed by atoms with Gasteiger partial charge in [-0.05, 0) is 55.2 Å². The van der Waals surface area contributed by atoms with E-state index in [1.54, 1.807) is 12.1 Å². The molecule has 3 rings (SSSR count). The number of hydrogen-bond acceptors (Lipinski definition) is 3. The lowest BCUT2D eigenvalue weighted by molar-refractivity contribution is -0.253. The Balaban J connectivity index is 1.82. The Labute approximate surface area is 187 Å². The summed E-state index contributed by atoms with van der Waals surface area (Å²) in [6.07, 6.45) is -10.9. The van der Waals surface area contributed by atoms with Gasteiger partial charge in [0.2, 0.25) is 0 Å². The van der Waals surface area contributed by atoms with Crippen molar-refractivity contribution in [3.63, 3.8) is 0 Å². The van der Waals surface area contributed by atoms with Crippen LogP contribution in [0.1, 0.15) is 31.2 Å². The molecular formula is C23H25F7N2O. The fourth-order valence-electron chi connectivity index (χ4n) is 3.73. The molecule has 0 aromatic heterocycles. The van der Waals surface area contributed by atoms with Gasteiger partial charge in [-0.15, -0.1) is 0 Å². The molecule has 0 saturated carbocycles. The number of rotatable bonds is 9. The average Bonchev–Trinajstić information content (AvgIpc) is 2.76. The van der Waals surface area contributed by atoms with Crippen molar-refractivity contribution in [1.82, 2.24) is 0 Å². The fraction of sp³-hybridized carbons (Fsp3) is 0.478. The first-order valence-electron chi connectivity index (χ1n) is 10.6. The number of hydrogen-bond donors (Lipinski definition) is 0. The smallest absolute Gasteiger partial charge is 0.428 e. The van der Waals surface area contributed by atoms with Crippen LogP contribution in [-0.2, 0) is 6.54 Å². The number of anilines is 2. The molecule has 0 spiro atoms. The lowest BCUT2D eigenvalue weighted by atomic mass is 10.1. The monoisotopic (exact) mass is 478 g/mol. The van der Waals surface area contributed by atoms with Gasteiger partial charge < -0.3 is 14.5 Å². The lowest BCUT2D eigenvalue weighted by Crippen LogP contribution is -2.33. The zero-order valence-electron chi connectivity index (χ0n) is 17.8. The first kappa shape index (κ1) is 25.0. The number of nitrogens with zero attached hydrogens (tertiary/aromatic N) is 2. The topological polar surface area (TPSA) is 15.7 Å². The summed E-state index contributed by atoms with van der Waals surface area (Å²) in [6.45, 7) is 1.33. The summed E-state index contributed by atoms with van der Waals surface area (Å²) in [7, 11) is 0. The molecule has 1 fully saturated rings. The highest BCUT2D eigenvalue weighted by atomic mass is 19.4. The van der Waals surface area contributed by atoms with Crippen molar-refractivity contribution in [2.75, 3.05) is 29.4 Å². The summed E-state index contributed by atoms with van der Waals surface area (Å²) in [5, 5.41) is 0. The largest absolute Gasteiger partial charge is 0.461 e. The van der Waals surface area contributed by atoms with E-state index in [0.29, 0.717) is 11.3 Å². The van der Waals surface area contributed by atoms with E-state index >= 15 is 0 Å². The predicted octanol–water partition coefficient (Wildman–Crippen LogP) is 6.87. The first-order chi connectivity index (χ1) is 15.5. The van der Waals surface area contributed by atoms with Crippen LogP contribution in [0.2, 0.25) is 0 Å². The maximum absolute atomic E-state index is 13.3. The van der Waals surface area contributed by atoms with Gasteiger partial charge in [0, 0.05) is 37.6 Å². The molecule has 0 bridgehead atoms. The maximum Gasteiger partial charge on any atom is 0.461 e. The molecule has 10 heteroatoms. The first-order valence-corrected chi connectivity index (χ1v) is 10.6. The van der Waals surface area contributed by atoms with Crippen LogP contribution in [0.3, 0.4) is 0 Å². The molecule has 2 aromatic rings. The molecule has 1 heterocycles. The number of alkyl halides is 7. The Morgan fingerprint density at radius 1 is 0.909 bits per heavy atom. The van der Waals surface area contributed by atoms with Gasteiger partial charge >= 0.3 is 18.7 Å². The van der Waals surface area contributed by atoms with Crippen LogP contribution in [0, 0.1) is 0 Å². The van der Waals surface area contributed by atoms with Gasteiger partial charge in [-0.2, -0.15) is 30.7 Å². The zero-order valence-corrected chi connectivity index (χ0v) is 17.8. The molecule has 0 atom stereocenters. The standard InChI is InChI=1S/C23H25F7N2O/c24-21(25)23(29,30)33-20-9-4-6-17(14-20)16-32(13-10-22(26,27)28)19-8-5-7-18(15-19)31-11-2-1-3-12-31/h4-9,14-15,21H,1-3,10-13,16H2. The van der Waals surface area contributed by atoms with E-state index in [1.807, 2.05) is 12.1 Å². The van der Waals surface area contributed by atoms with Crippen molar-refractivity contribution in [3.05, 3.63) is 54.1 Å². The molecule has 3 nitrogen and oxygen atoms in total. The second-order valence-electron chi connectivity index (χ2n) is 7.97. The Kier molecular flexibility index (Phi) is 7.97. The van der Waals surface area contributed by atoms with Gasteiger partial charge in [0.1, 0.15) is 5.75 Å². The second-order valence-corrected chi connectivity index (χ2v) is 7.97. The van der Waals surface area contributed by atoms with Crippen LogP contribution in [-0.4, -0.2) is 38.3 Å². The van der Waals surface area contributed by atoms with Crippen LogP contribution < -0.4 is 14.5 Å². The van der Waals surface area contributed by atoms with E-state index in [0.717, 1.165) is 50.2 Å². The Morgan fingerprint density at radius 2 is 1.61 bits per heavy atom. The number of benzene rings is 2. The molecule has 0 amide bonds. The molecule has 0 aliphatic carbocycles. The van der Waals surface area contributed by atoms with Crippen molar-refractivity contribution in [2.24, 2.45) is 0 Å². The van der Waals surface area contributed by atoms with Gasteiger partial charge in [-0.25, -0.2) is 0 Å². The molecule has 0 unspecified atom stereocenters. The fourth-order valence-corrected chi connectivity index (χ4v) is 3.73. The molecular weight excluding hydrogens is 453 g/mol. The lowest BCUT2D eigenvalue weighted by Gasteiger charge is -2.31. The molecule has 0 radical (unpaired) electrons. The third-order valence-corrected chi connectivity index (χ3v) is 5.36. The minimum Gasteiger partial charge on any atom is -0.428 e. The van der Waals surface area contributed by atoms with E-state index in [9.17, 15) is 30.7 Å². The van der Waals surface area contributed by atoms with Crippen molar-refractivity contribution in [3.8, 4) is 5.75 Å². The van der Waals surface area contributed by atoms with Gasteiger partial charge in [0.15, 0.2) is 0 Å². The third-order valence-electron chi connectivity index (χ3n) is 5.36. The molecule has 0 N–H and O–H groups in total. The van der Waals surface area contributed by atoms with Crippen molar-refractivity contribution < 1.29 is 35.5 Å². The summed E-state index contributed by atoms with van der Waals surface area (Å²) in [4.78, 5) is 3.67. The Morgan fingerprint density at radius 3 is 2.27 bits per heavy atom. The summed E-state index contributed by atoms with van der Waals surface area (Å²) in [5.74, 6) is -0.490. The highest BCUT2D eigenvalue weighted by molar-refractivity contribution is 5.60. The Bertz CT molecular complexity index is 898. The predicted molar refractivity (Wildman–Crippen MR) is 112 cm³/mol. The number of halogens is 7. The summed E-state index contributed by atoms with van der Waals surface area (Å²) in [5.41, 5.74) is 1.80.